The summed E-state index contributed by atoms with van der Waals surface area (Å²) in [5.41, 5.74) is 19.6. The molecule has 0 aromatic carbocycles. The van der Waals surface area contributed by atoms with Gasteiger partial charge in [-0.3, -0.25) is 34.2 Å². The molecule has 0 radical (unpaired) electrons. The highest BCUT2D eigenvalue weighted by Crippen LogP contribution is 2.20. The lowest BCUT2D eigenvalue weighted by atomic mass is 10.1. The molecule has 0 fully saturated rings. The molecule has 0 aliphatic heterocycles. The zero-order valence-electron chi connectivity index (χ0n) is 35.1. The van der Waals surface area contributed by atoms with Crippen LogP contribution in [0.25, 0.3) is 0 Å². The van der Waals surface area contributed by atoms with Gasteiger partial charge in [0.15, 0.2) is 0 Å². The number of amides is 6. The van der Waals surface area contributed by atoms with Gasteiger partial charge in [0, 0.05) is 85.3 Å². The summed E-state index contributed by atoms with van der Waals surface area (Å²) in [4.78, 5) is 76.2. The van der Waals surface area contributed by atoms with E-state index in [4.69, 9.17) is 22.6 Å². The molecule has 0 bridgehead atoms. The number of anilines is 4. The topological polar surface area (TPSA) is 296 Å². The molecule has 21 heteroatoms. The van der Waals surface area contributed by atoms with Gasteiger partial charge in [0.05, 0.1) is 34.8 Å². The van der Waals surface area contributed by atoms with Gasteiger partial charge in [-0.1, -0.05) is 25.7 Å². The van der Waals surface area contributed by atoms with E-state index in [2.05, 4.69) is 31.9 Å². The van der Waals surface area contributed by atoms with Crippen LogP contribution >= 0.6 is 12.4 Å². The maximum Gasteiger partial charge on any atom is 0.272 e. The molecule has 0 aliphatic carbocycles. The van der Waals surface area contributed by atoms with Gasteiger partial charge in [0.25, 0.3) is 23.6 Å². The normalized spacial score (nSPS) is 10.8. The third-order valence-electron chi connectivity index (χ3n) is 9.53. The van der Waals surface area contributed by atoms with Crippen LogP contribution in [0.2, 0.25) is 0 Å². The summed E-state index contributed by atoms with van der Waals surface area (Å²) in [6, 6.07) is 6.30. The molecule has 13 N–H and O–H groups in total. The molecular weight excluding hydrogens is 808 g/mol. The SMILES string of the molecule is Cl.Cn1cc(NC(=O)c2cc(NC(=O)CCCCCCCCC(=O)Nc3cc(C(=O)Nc4cc(C(=O)NCCC(N)N)n(C)c4)n(C)c3)cn2C)cc1C(=O)NCCC(=N)N. The van der Waals surface area contributed by atoms with Gasteiger partial charge in [-0.15, -0.1) is 12.4 Å². The minimum absolute atomic E-state index is 0. The van der Waals surface area contributed by atoms with Gasteiger partial charge < -0.3 is 67.4 Å². The number of hydrogen-bond donors (Lipinski definition) is 10. The Hall–Kier alpha value is -6.38. The van der Waals surface area contributed by atoms with E-state index in [0.717, 1.165) is 25.7 Å². The van der Waals surface area contributed by atoms with Crippen molar-refractivity contribution in [3.05, 3.63) is 71.8 Å². The second-order valence-corrected chi connectivity index (χ2v) is 14.8. The first-order valence-electron chi connectivity index (χ1n) is 19.8. The van der Waals surface area contributed by atoms with Gasteiger partial charge in [-0.2, -0.15) is 0 Å². The Morgan fingerprint density at radius 1 is 0.525 bits per heavy atom. The lowest BCUT2D eigenvalue weighted by Crippen LogP contribution is -2.36. The Morgan fingerprint density at radius 2 is 0.852 bits per heavy atom. The highest BCUT2D eigenvalue weighted by molar-refractivity contribution is 6.06. The molecule has 332 valence electrons. The van der Waals surface area contributed by atoms with Crippen LogP contribution in [0.3, 0.4) is 0 Å². The minimum Gasteiger partial charge on any atom is -0.388 e. The zero-order chi connectivity index (χ0) is 43.9. The maximum atomic E-state index is 13.0. The molecule has 0 unspecified atom stereocenters. The first-order valence-corrected chi connectivity index (χ1v) is 19.8. The number of aromatic nitrogens is 4. The highest BCUT2D eigenvalue weighted by Gasteiger charge is 2.19. The fraction of sp³-hybridized carbons (Fsp3) is 0.425. The van der Waals surface area contributed by atoms with Crippen LogP contribution in [0, 0.1) is 5.41 Å². The lowest BCUT2D eigenvalue weighted by Gasteiger charge is -2.07. The summed E-state index contributed by atoms with van der Waals surface area (Å²) in [6.07, 6.45) is 12.3. The number of hydrogen-bond acceptors (Lipinski definition) is 9. The number of amidine groups is 1. The smallest absolute Gasteiger partial charge is 0.272 e. The summed E-state index contributed by atoms with van der Waals surface area (Å²) in [5, 5.41) is 24.0. The van der Waals surface area contributed by atoms with E-state index in [9.17, 15) is 28.8 Å². The second kappa shape index (κ2) is 23.4. The van der Waals surface area contributed by atoms with Crippen molar-refractivity contribution in [3.8, 4) is 0 Å². The Kier molecular flexibility index (Phi) is 18.8. The number of carbonyl (C=O) groups excluding carboxylic acids is 6. The average Bonchev–Trinajstić information content (AvgIpc) is 3.93. The van der Waals surface area contributed by atoms with Crippen molar-refractivity contribution >= 4 is 76.4 Å². The third kappa shape index (κ3) is 15.3. The van der Waals surface area contributed by atoms with Crippen molar-refractivity contribution in [2.75, 3.05) is 34.4 Å². The summed E-state index contributed by atoms with van der Waals surface area (Å²) in [5.74, 6) is -1.82. The van der Waals surface area contributed by atoms with Crippen molar-refractivity contribution < 1.29 is 28.8 Å². The fourth-order valence-corrected chi connectivity index (χ4v) is 6.39. The van der Waals surface area contributed by atoms with E-state index < -0.39 is 18.0 Å². The molecule has 4 rings (SSSR count). The van der Waals surface area contributed by atoms with Crippen molar-refractivity contribution in [1.29, 1.82) is 5.41 Å². The van der Waals surface area contributed by atoms with Crippen LogP contribution in [0.1, 0.15) is 106 Å². The maximum absolute atomic E-state index is 13.0. The van der Waals surface area contributed by atoms with Crippen LogP contribution in [-0.4, -0.2) is 78.8 Å². The Bertz CT molecular complexity index is 2180. The molecule has 0 spiro atoms. The molecule has 0 saturated heterocycles. The van der Waals surface area contributed by atoms with Crippen molar-refractivity contribution in [2.45, 2.75) is 70.4 Å². The van der Waals surface area contributed by atoms with Crippen LogP contribution in [0.5, 0.6) is 0 Å². The molecule has 0 aliphatic rings. The number of nitrogens with zero attached hydrogens (tertiary/aromatic N) is 4. The molecule has 4 aromatic heterocycles. The molecule has 61 heavy (non-hydrogen) atoms. The summed E-state index contributed by atoms with van der Waals surface area (Å²) in [7, 11) is 6.78. The first kappa shape index (κ1) is 49.0. The Balaban J connectivity index is 0.00000992. The van der Waals surface area contributed by atoms with Gasteiger partial charge in [0.1, 0.15) is 22.8 Å². The van der Waals surface area contributed by atoms with Crippen molar-refractivity contribution in [3.63, 3.8) is 0 Å². The van der Waals surface area contributed by atoms with Gasteiger partial charge in [-0.05, 0) is 43.5 Å². The predicted octanol–water partition coefficient (Wildman–Crippen LogP) is 3.08. The van der Waals surface area contributed by atoms with E-state index >= 15 is 0 Å². The number of unbranched alkanes of at least 4 members (excludes halogenated alkanes) is 5. The Morgan fingerprint density at radius 3 is 1.21 bits per heavy atom. The number of nitrogens with two attached hydrogens (primary N) is 3. The van der Waals surface area contributed by atoms with Crippen LogP contribution in [0.4, 0.5) is 22.7 Å². The minimum atomic E-state index is -0.524. The molecule has 0 saturated carbocycles. The standard InChI is InChI=1S/C40H58N14O6.ClH/c1-51-23-27(19-29(51)37(57)45-15-13-33(41)42)49-39(59)31-17-25(21-53(31)3)47-35(55)11-9-7-5-6-8-10-12-36(56)48-26-18-32(54(4)22-26)40(60)50-28-20-30(52(2)24-28)38(58)46-16-14-34(43)44;/h17-24,33H,5-16,41-42H2,1-4H3,(H3,43,44)(H,45,57)(H,46,58)(H,47,55)(H,48,56)(H,49,59)(H,50,60);1H. The average molecular weight is 867 g/mol. The predicted molar refractivity (Wildman–Crippen MR) is 237 cm³/mol. The second-order valence-electron chi connectivity index (χ2n) is 14.8. The summed E-state index contributed by atoms with van der Waals surface area (Å²) >= 11 is 0. The van der Waals surface area contributed by atoms with Crippen LogP contribution in [0.15, 0.2) is 49.1 Å². The molecule has 4 aromatic rings. The molecule has 0 atom stereocenters. The highest BCUT2D eigenvalue weighted by atomic mass is 35.5. The van der Waals surface area contributed by atoms with E-state index in [1.807, 2.05) is 0 Å². The van der Waals surface area contributed by atoms with Crippen LogP contribution < -0.4 is 49.1 Å². The third-order valence-corrected chi connectivity index (χ3v) is 9.53. The van der Waals surface area contributed by atoms with E-state index in [1.165, 1.54) is 0 Å². The lowest BCUT2D eigenvalue weighted by molar-refractivity contribution is -0.117. The molecule has 6 amide bonds. The van der Waals surface area contributed by atoms with E-state index in [1.54, 1.807) is 95.5 Å². The monoisotopic (exact) mass is 866 g/mol. The fourth-order valence-electron chi connectivity index (χ4n) is 6.39. The van der Waals surface area contributed by atoms with Crippen LogP contribution in [-0.2, 0) is 37.8 Å². The van der Waals surface area contributed by atoms with Gasteiger partial charge in [-0.25, -0.2) is 0 Å². The van der Waals surface area contributed by atoms with E-state index in [0.29, 0.717) is 84.2 Å². The molecule has 4 heterocycles. The number of carbonyl (C=O) groups is 6. The molecular formula is C40H59ClN14O6. The number of halogens is 1. The number of aryl methyl sites for hydroxylation is 4. The summed E-state index contributed by atoms with van der Waals surface area (Å²) in [6.45, 7) is 0.550. The Labute approximate surface area is 360 Å². The van der Waals surface area contributed by atoms with E-state index in [-0.39, 0.29) is 54.8 Å². The zero-order valence-corrected chi connectivity index (χ0v) is 35.9. The number of rotatable bonds is 23. The quantitative estimate of drug-likeness (QED) is 0.0227. The molecule has 20 nitrogen and oxygen atoms in total. The number of nitrogens with one attached hydrogen (secondary N) is 7. The van der Waals surface area contributed by atoms with Gasteiger partial charge in [0.2, 0.25) is 11.8 Å². The summed E-state index contributed by atoms with van der Waals surface area (Å²) < 4.78 is 6.41. The largest absolute Gasteiger partial charge is 0.388 e. The van der Waals surface area contributed by atoms with Crippen molar-refractivity contribution in [1.82, 2.24) is 28.9 Å². The van der Waals surface area contributed by atoms with Crippen molar-refractivity contribution in [2.24, 2.45) is 45.4 Å². The first-order chi connectivity index (χ1) is 28.5. The van der Waals surface area contributed by atoms with Gasteiger partial charge >= 0.3 is 0 Å².